The highest BCUT2D eigenvalue weighted by Gasteiger charge is 2.51. The zero-order valence-corrected chi connectivity index (χ0v) is 20.7. The highest BCUT2D eigenvalue weighted by Crippen LogP contribution is 2.28. The molecule has 0 unspecified atom stereocenters. The fraction of sp³-hybridized carbons (Fsp3) is 0.462. The first kappa shape index (κ1) is 27.1. The molecule has 2 aromatic rings. The van der Waals surface area contributed by atoms with Gasteiger partial charge in [-0.3, -0.25) is 19.2 Å². The van der Waals surface area contributed by atoms with E-state index in [1.807, 2.05) is 42.5 Å². The number of carbonyl (C=O) groups is 4. The summed E-state index contributed by atoms with van der Waals surface area (Å²) in [4.78, 5) is 47.2. The second kappa shape index (κ2) is 12.5. The zero-order valence-electron chi connectivity index (χ0n) is 20.7. The van der Waals surface area contributed by atoms with Crippen molar-refractivity contribution in [3.05, 3.63) is 48.0 Å². The molecule has 0 aliphatic carbocycles. The van der Waals surface area contributed by atoms with Crippen LogP contribution in [-0.2, 0) is 49.3 Å². The minimum atomic E-state index is -1.15. The molecule has 36 heavy (non-hydrogen) atoms. The standard InChI is InChI=1S/C26H31NO9/c1-15(28)27-23-25(35-18(4)31)24(34-17(3)30)22(14-33-16(2)29)36-26(23)32-13-12-20-10-7-9-19-8-5-6-11-21(19)20/h5-11,22-26H,12-14H2,1-4H3,(H,27,28)/t22-,23-,24+,25-,26-/m0/s1. The van der Waals surface area contributed by atoms with Crippen LogP contribution in [0.25, 0.3) is 10.8 Å². The Balaban J connectivity index is 1.85. The first-order chi connectivity index (χ1) is 17.2. The van der Waals surface area contributed by atoms with Crippen molar-refractivity contribution in [1.29, 1.82) is 0 Å². The van der Waals surface area contributed by atoms with Crippen molar-refractivity contribution in [2.24, 2.45) is 0 Å². The van der Waals surface area contributed by atoms with Gasteiger partial charge in [0, 0.05) is 27.7 Å². The SMILES string of the molecule is CC(=O)N[C@@H]1[C@@H](OCCc2cccc3ccccc23)O[C@@H](COC(C)=O)[C@@H](OC(C)=O)[C@H]1OC(C)=O. The molecule has 5 atom stereocenters. The molecule has 10 nitrogen and oxygen atoms in total. The molecular formula is C26H31NO9. The number of rotatable bonds is 9. The van der Waals surface area contributed by atoms with Crippen molar-refractivity contribution in [1.82, 2.24) is 5.32 Å². The molecule has 1 amide bonds. The van der Waals surface area contributed by atoms with E-state index in [-0.39, 0.29) is 13.2 Å². The molecule has 0 spiro atoms. The lowest BCUT2D eigenvalue weighted by molar-refractivity contribution is -0.277. The Bertz CT molecular complexity index is 1100. The zero-order chi connectivity index (χ0) is 26.2. The minimum Gasteiger partial charge on any atom is -0.463 e. The van der Waals surface area contributed by atoms with Gasteiger partial charge in [-0.2, -0.15) is 0 Å². The predicted molar refractivity (Wildman–Crippen MR) is 128 cm³/mol. The van der Waals surface area contributed by atoms with E-state index >= 15 is 0 Å². The molecule has 0 bridgehead atoms. The van der Waals surface area contributed by atoms with Crippen LogP contribution in [0.2, 0.25) is 0 Å². The molecular weight excluding hydrogens is 470 g/mol. The second-order valence-corrected chi connectivity index (χ2v) is 8.48. The lowest BCUT2D eigenvalue weighted by Crippen LogP contribution is -2.66. The Morgan fingerprint density at radius 1 is 0.861 bits per heavy atom. The van der Waals surface area contributed by atoms with Gasteiger partial charge < -0.3 is 29.0 Å². The first-order valence-electron chi connectivity index (χ1n) is 11.6. The van der Waals surface area contributed by atoms with Crippen LogP contribution < -0.4 is 5.32 Å². The number of carbonyl (C=O) groups excluding carboxylic acids is 4. The van der Waals surface area contributed by atoms with Crippen molar-refractivity contribution in [3.8, 4) is 0 Å². The molecule has 0 aromatic heterocycles. The molecule has 1 saturated heterocycles. The van der Waals surface area contributed by atoms with Gasteiger partial charge in [0.05, 0.1) is 6.61 Å². The third kappa shape index (κ3) is 7.25. The Labute approximate surface area is 209 Å². The smallest absolute Gasteiger partial charge is 0.303 e. The summed E-state index contributed by atoms with van der Waals surface area (Å²) in [6.45, 7) is 4.84. The molecule has 10 heteroatoms. The topological polar surface area (TPSA) is 126 Å². The summed E-state index contributed by atoms with van der Waals surface area (Å²) in [5.41, 5.74) is 1.06. The summed E-state index contributed by atoms with van der Waals surface area (Å²) in [5, 5.41) is 4.88. The van der Waals surface area contributed by atoms with Gasteiger partial charge in [0.2, 0.25) is 5.91 Å². The molecule has 1 heterocycles. The number of nitrogens with one attached hydrogen (secondary N) is 1. The van der Waals surface area contributed by atoms with Gasteiger partial charge in [-0.1, -0.05) is 42.5 Å². The average Bonchev–Trinajstić information content (AvgIpc) is 2.80. The Morgan fingerprint density at radius 2 is 1.53 bits per heavy atom. The maximum absolute atomic E-state index is 12.0. The number of ether oxygens (including phenoxy) is 5. The van der Waals surface area contributed by atoms with Crippen molar-refractivity contribution >= 4 is 34.6 Å². The van der Waals surface area contributed by atoms with Crippen LogP contribution >= 0.6 is 0 Å². The van der Waals surface area contributed by atoms with Crippen LogP contribution in [0, 0.1) is 0 Å². The van der Waals surface area contributed by atoms with Crippen LogP contribution in [0.5, 0.6) is 0 Å². The molecule has 1 N–H and O–H groups in total. The average molecular weight is 502 g/mol. The van der Waals surface area contributed by atoms with E-state index in [2.05, 4.69) is 5.32 Å². The van der Waals surface area contributed by atoms with Crippen LogP contribution in [0.3, 0.4) is 0 Å². The molecule has 3 rings (SSSR count). The summed E-state index contributed by atoms with van der Waals surface area (Å²) in [6, 6.07) is 13.0. The van der Waals surface area contributed by atoms with Crippen LogP contribution in [0.4, 0.5) is 0 Å². The van der Waals surface area contributed by atoms with E-state index in [0.717, 1.165) is 16.3 Å². The number of fused-ring (bicyclic) bond motifs is 1. The Morgan fingerprint density at radius 3 is 2.19 bits per heavy atom. The van der Waals surface area contributed by atoms with Crippen molar-refractivity contribution in [3.63, 3.8) is 0 Å². The third-order valence-corrected chi connectivity index (χ3v) is 5.60. The highest BCUT2D eigenvalue weighted by atomic mass is 16.7. The Hall–Kier alpha value is -3.50. The minimum absolute atomic E-state index is 0.208. The molecule has 1 aliphatic heterocycles. The first-order valence-corrected chi connectivity index (χ1v) is 11.6. The van der Waals surface area contributed by atoms with Crippen molar-refractivity contribution < 1.29 is 42.9 Å². The summed E-state index contributed by atoms with van der Waals surface area (Å²) < 4.78 is 28.0. The van der Waals surface area contributed by atoms with Gasteiger partial charge in [0.1, 0.15) is 18.8 Å². The quantitative estimate of drug-likeness (QED) is 0.406. The number of hydrogen-bond donors (Lipinski definition) is 1. The van der Waals surface area contributed by atoms with Gasteiger partial charge in [-0.25, -0.2) is 0 Å². The number of esters is 3. The van der Waals surface area contributed by atoms with Gasteiger partial charge >= 0.3 is 17.9 Å². The van der Waals surface area contributed by atoms with Gasteiger partial charge in [0.25, 0.3) is 0 Å². The molecule has 194 valence electrons. The summed E-state index contributed by atoms with van der Waals surface area (Å²) in [7, 11) is 0. The lowest BCUT2D eigenvalue weighted by Gasteiger charge is -2.44. The fourth-order valence-corrected chi connectivity index (χ4v) is 4.23. The van der Waals surface area contributed by atoms with Crippen LogP contribution in [-0.4, -0.2) is 67.7 Å². The van der Waals surface area contributed by atoms with E-state index in [1.165, 1.54) is 27.7 Å². The van der Waals surface area contributed by atoms with E-state index < -0.39 is 54.5 Å². The van der Waals surface area contributed by atoms with E-state index in [1.54, 1.807) is 0 Å². The summed E-state index contributed by atoms with van der Waals surface area (Å²) in [6.07, 6.45) is -3.85. The summed E-state index contributed by atoms with van der Waals surface area (Å²) >= 11 is 0. The highest BCUT2D eigenvalue weighted by molar-refractivity contribution is 5.85. The normalized spacial score (nSPS) is 23.5. The van der Waals surface area contributed by atoms with Gasteiger partial charge in [0.15, 0.2) is 18.5 Å². The Kier molecular flexibility index (Phi) is 9.38. The largest absolute Gasteiger partial charge is 0.463 e. The second-order valence-electron chi connectivity index (χ2n) is 8.48. The molecule has 1 aliphatic rings. The van der Waals surface area contributed by atoms with Gasteiger partial charge in [-0.15, -0.1) is 0 Å². The fourth-order valence-electron chi connectivity index (χ4n) is 4.23. The van der Waals surface area contributed by atoms with Crippen LogP contribution in [0.15, 0.2) is 42.5 Å². The number of hydrogen-bond acceptors (Lipinski definition) is 9. The monoisotopic (exact) mass is 501 g/mol. The number of amides is 1. The van der Waals surface area contributed by atoms with Crippen LogP contribution in [0.1, 0.15) is 33.3 Å². The molecule has 1 fully saturated rings. The van der Waals surface area contributed by atoms with E-state index in [9.17, 15) is 19.2 Å². The maximum Gasteiger partial charge on any atom is 0.303 e. The lowest BCUT2D eigenvalue weighted by atomic mass is 9.96. The van der Waals surface area contributed by atoms with E-state index in [4.69, 9.17) is 23.7 Å². The van der Waals surface area contributed by atoms with Crippen molar-refractivity contribution in [2.45, 2.75) is 64.8 Å². The maximum atomic E-state index is 12.0. The summed E-state index contributed by atoms with van der Waals surface area (Å²) in [5.74, 6) is -2.31. The van der Waals surface area contributed by atoms with Crippen molar-refractivity contribution in [2.75, 3.05) is 13.2 Å². The third-order valence-electron chi connectivity index (χ3n) is 5.60. The molecule has 0 saturated carbocycles. The molecule has 0 radical (unpaired) electrons. The van der Waals surface area contributed by atoms with E-state index in [0.29, 0.717) is 6.42 Å². The number of benzene rings is 2. The molecule has 2 aromatic carbocycles. The predicted octanol–water partition coefficient (Wildman–Crippen LogP) is 2.05. The van der Waals surface area contributed by atoms with Gasteiger partial charge in [-0.05, 0) is 22.8 Å².